The van der Waals surface area contributed by atoms with Crippen LogP contribution in [-0.2, 0) is 7.05 Å². The first-order chi connectivity index (χ1) is 10.3. The van der Waals surface area contributed by atoms with Crippen molar-refractivity contribution in [3.63, 3.8) is 0 Å². The SMILES string of the molecule is CCC1CCCC(CN2CCNCC2c2nccn2C)C1. The van der Waals surface area contributed by atoms with Crippen molar-refractivity contribution in [3.05, 3.63) is 18.2 Å². The van der Waals surface area contributed by atoms with E-state index in [2.05, 4.69) is 39.9 Å². The summed E-state index contributed by atoms with van der Waals surface area (Å²) >= 11 is 0. The molecule has 21 heavy (non-hydrogen) atoms. The second-order valence-corrected chi connectivity index (χ2v) is 6.92. The summed E-state index contributed by atoms with van der Waals surface area (Å²) in [6, 6.07) is 0.445. The molecule has 118 valence electrons. The Hall–Kier alpha value is -0.870. The van der Waals surface area contributed by atoms with Gasteiger partial charge in [-0.05, 0) is 24.7 Å². The van der Waals surface area contributed by atoms with Gasteiger partial charge in [-0.2, -0.15) is 0 Å². The number of rotatable bonds is 4. The van der Waals surface area contributed by atoms with Gasteiger partial charge in [-0.25, -0.2) is 4.98 Å². The third-order valence-corrected chi connectivity index (χ3v) is 5.47. The smallest absolute Gasteiger partial charge is 0.127 e. The molecule has 3 rings (SSSR count). The second kappa shape index (κ2) is 6.93. The van der Waals surface area contributed by atoms with Crippen molar-refractivity contribution >= 4 is 0 Å². The van der Waals surface area contributed by atoms with E-state index in [4.69, 9.17) is 0 Å². The van der Waals surface area contributed by atoms with Crippen LogP contribution in [0.4, 0.5) is 0 Å². The average molecular weight is 290 g/mol. The Bertz CT molecular complexity index is 442. The van der Waals surface area contributed by atoms with E-state index >= 15 is 0 Å². The van der Waals surface area contributed by atoms with E-state index in [1.165, 1.54) is 44.5 Å². The minimum atomic E-state index is 0.445. The molecule has 0 bridgehead atoms. The van der Waals surface area contributed by atoms with Crippen LogP contribution in [0.3, 0.4) is 0 Å². The van der Waals surface area contributed by atoms with Gasteiger partial charge in [0.1, 0.15) is 5.82 Å². The van der Waals surface area contributed by atoms with Crippen LogP contribution in [0.1, 0.15) is 50.9 Å². The summed E-state index contributed by atoms with van der Waals surface area (Å²) in [6.07, 6.45) is 11.1. The number of hydrogen-bond acceptors (Lipinski definition) is 3. The van der Waals surface area contributed by atoms with E-state index in [9.17, 15) is 0 Å². The Morgan fingerprint density at radius 3 is 2.95 bits per heavy atom. The Kier molecular flexibility index (Phi) is 4.96. The summed E-state index contributed by atoms with van der Waals surface area (Å²) in [5.41, 5.74) is 0. The van der Waals surface area contributed by atoms with Crippen molar-refractivity contribution < 1.29 is 0 Å². The fourth-order valence-corrected chi connectivity index (χ4v) is 4.19. The summed E-state index contributed by atoms with van der Waals surface area (Å²) in [5, 5.41) is 3.54. The molecule has 0 radical (unpaired) electrons. The zero-order valence-corrected chi connectivity index (χ0v) is 13.6. The van der Waals surface area contributed by atoms with Crippen LogP contribution in [0.25, 0.3) is 0 Å². The molecule has 1 aromatic heterocycles. The topological polar surface area (TPSA) is 33.1 Å². The highest BCUT2D eigenvalue weighted by atomic mass is 15.3. The largest absolute Gasteiger partial charge is 0.337 e. The quantitative estimate of drug-likeness (QED) is 0.925. The molecule has 1 saturated heterocycles. The molecule has 0 aromatic carbocycles. The Labute approximate surface area is 128 Å². The van der Waals surface area contributed by atoms with Crippen molar-refractivity contribution in [1.82, 2.24) is 19.8 Å². The minimum absolute atomic E-state index is 0.445. The molecular weight excluding hydrogens is 260 g/mol. The van der Waals surface area contributed by atoms with Gasteiger partial charge in [-0.15, -0.1) is 0 Å². The predicted molar refractivity (Wildman–Crippen MR) is 86.1 cm³/mol. The summed E-state index contributed by atoms with van der Waals surface area (Å²) in [6.45, 7) is 6.93. The molecule has 3 atom stereocenters. The Morgan fingerprint density at radius 1 is 1.33 bits per heavy atom. The van der Waals surface area contributed by atoms with Gasteiger partial charge in [-0.1, -0.05) is 26.2 Å². The maximum Gasteiger partial charge on any atom is 0.127 e. The van der Waals surface area contributed by atoms with Crippen molar-refractivity contribution in [2.45, 2.75) is 45.1 Å². The molecule has 3 unspecified atom stereocenters. The predicted octanol–water partition coefficient (Wildman–Crippen LogP) is 2.58. The molecule has 1 N–H and O–H groups in total. The highest BCUT2D eigenvalue weighted by molar-refractivity contribution is 5.02. The zero-order chi connectivity index (χ0) is 14.7. The average Bonchev–Trinajstić information content (AvgIpc) is 2.94. The number of piperazine rings is 1. The van der Waals surface area contributed by atoms with Crippen LogP contribution in [0, 0.1) is 11.8 Å². The van der Waals surface area contributed by atoms with E-state index in [0.29, 0.717) is 6.04 Å². The van der Waals surface area contributed by atoms with Gasteiger partial charge >= 0.3 is 0 Å². The van der Waals surface area contributed by atoms with Gasteiger partial charge in [0.2, 0.25) is 0 Å². The van der Waals surface area contributed by atoms with E-state index in [-0.39, 0.29) is 0 Å². The normalized spacial score (nSPS) is 31.4. The van der Waals surface area contributed by atoms with Gasteiger partial charge in [0, 0.05) is 45.6 Å². The summed E-state index contributed by atoms with van der Waals surface area (Å²) in [7, 11) is 2.11. The number of aromatic nitrogens is 2. The lowest BCUT2D eigenvalue weighted by Gasteiger charge is -2.39. The summed E-state index contributed by atoms with van der Waals surface area (Å²) < 4.78 is 2.18. The van der Waals surface area contributed by atoms with Gasteiger partial charge in [0.05, 0.1) is 6.04 Å². The van der Waals surface area contributed by atoms with Gasteiger partial charge < -0.3 is 9.88 Å². The number of imidazole rings is 1. The van der Waals surface area contributed by atoms with Gasteiger partial charge in [-0.3, -0.25) is 4.90 Å². The monoisotopic (exact) mass is 290 g/mol. The third-order valence-electron chi connectivity index (χ3n) is 5.47. The van der Waals surface area contributed by atoms with Crippen LogP contribution in [0.2, 0.25) is 0 Å². The molecule has 0 amide bonds. The Balaban J connectivity index is 1.66. The lowest BCUT2D eigenvalue weighted by molar-refractivity contribution is 0.106. The standard InChI is InChI=1S/C17H30N4/c1-3-14-5-4-6-15(11-14)13-21-10-7-18-12-16(21)17-19-8-9-20(17)2/h8-9,14-16,18H,3-7,10-13H2,1-2H3. The summed E-state index contributed by atoms with van der Waals surface area (Å²) in [4.78, 5) is 7.28. The number of nitrogens with one attached hydrogen (secondary N) is 1. The number of aryl methyl sites for hydroxylation is 1. The molecule has 0 spiro atoms. The highest BCUT2D eigenvalue weighted by Crippen LogP contribution is 2.33. The molecular formula is C17H30N4. The van der Waals surface area contributed by atoms with Crippen molar-refractivity contribution in [3.8, 4) is 0 Å². The fourth-order valence-electron chi connectivity index (χ4n) is 4.19. The Morgan fingerprint density at radius 2 is 2.19 bits per heavy atom. The molecule has 1 aliphatic carbocycles. The first-order valence-electron chi connectivity index (χ1n) is 8.70. The van der Waals surface area contributed by atoms with E-state index in [1.807, 2.05) is 6.20 Å². The van der Waals surface area contributed by atoms with Crippen LogP contribution in [-0.4, -0.2) is 40.6 Å². The summed E-state index contributed by atoms with van der Waals surface area (Å²) in [5.74, 6) is 3.08. The van der Waals surface area contributed by atoms with Crippen molar-refractivity contribution in [2.24, 2.45) is 18.9 Å². The van der Waals surface area contributed by atoms with E-state index in [0.717, 1.165) is 31.5 Å². The van der Waals surface area contributed by atoms with Crippen LogP contribution >= 0.6 is 0 Å². The lowest BCUT2D eigenvalue weighted by atomic mass is 9.80. The molecule has 4 heteroatoms. The van der Waals surface area contributed by atoms with Crippen LogP contribution in [0.5, 0.6) is 0 Å². The molecule has 1 saturated carbocycles. The molecule has 2 aliphatic rings. The third kappa shape index (κ3) is 3.49. The van der Waals surface area contributed by atoms with Crippen LogP contribution in [0.15, 0.2) is 12.4 Å². The number of nitrogens with zero attached hydrogens (tertiary/aromatic N) is 3. The van der Waals surface area contributed by atoms with Crippen molar-refractivity contribution in [2.75, 3.05) is 26.2 Å². The fraction of sp³-hybridized carbons (Fsp3) is 0.824. The number of hydrogen-bond donors (Lipinski definition) is 1. The van der Waals surface area contributed by atoms with Gasteiger partial charge in [0.25, 0.3) is 0 Å². The van der Waals surface area contributed by atoms with E-state index in [1.54, 1.807) is 0 Å². The second-order valence-electron chi connectivity index (χ2n) is 6.92. The maximum atomic E-state index is 4.60. The lowest BCUT2D eigenvalue weighted by Crippen LogP contribution is -2.48. The van der Waals surface area contributed by atoms with Crippen LogP contribution < -0.4 is 5.32 Å². The van der Waals surface area contributed by atoms with E-state index < -0.39 is 0 Å². The first kappa shape index (κ1) is 15.0. The minimum Gasteiger partial charge on any atom is -0.337 e. The molecule has 4 nitrogen and oxygen atoms in total. The maximum absolute atomic E-state index is 4.60. The van der Waals surface area contributed by atoms with Crippen molar-refractivity contribution in [1.29, 1.82) is 0 Å². The molecule has 1 aromatic rings. The molecule has 2 heterocycles. The first-order valence-corrected chi connectivity index (χ1v) is 8.70. The zero-order valence-electron chi connectivity index (χ0n) is 13.6. The van der Waals surface area contributed by atoms with Gasteiger partial charge in [0.15, 0.2) is 0 Å². The molecule has 1 aliphatic heterocycles. The highest BCUT2D eigenvalue weighted by Gasteiger charge is 2.30. The molecule has 2 fully saturated rings.